The molecule has 1 saturated carbocycles. The zero-order chi connectivity index (χ0) is 13.2. The molecule has 0 unspecified atom stereocenters. The lowest BCUT2D eigenvalue weighted by Crippen LogP contribution is -2.38. The van der Waals surface area contributed by atoms with Crippen LogP contribution in [0.15, 0.2) is 24.3 Å². The highest BCUT2D eigenvalue weighted by molar-refractivity contribution is 6.31. The van der Waals surface area contributed by atoms with Crippen LogP contribution in [0.5, 0.6) is 0 Å². The van der Waals surface area contributed by atoms with E-state index in [1.54, 1.807) is 6.08 Å². The van der Waals surface area contributed by atoms with Crippen molar-refractivity contribution in [3.63, 3.8) is 0 Å². The van der Waals surface area contributed by atoms with Gasteiger partial charge in [-0.05, 0) is 43.0 Å². The maximum Gasteiger partial charge on any atom is 0.244 e. The summed E-state index contributed by atoms with van der Waals surface area (Å²) < 4.78 is 0. The predicted octanol–water partition coefficient (Wildman–Crippen LogP) is 2.30. The molecule has 1 amide bonds. The quantitative estimate of drug-likeness (QED) is 0.821. The summed E-state index contributed by atoms with van der Waals surface area (Å²) in [4.78, 5) is 11.6. The summed E-state index contributed by atoms with van der Waals surface area (Å²) in [5, 5.41) is 12.6. The monoisotopic (exact) mass is 265 g/mol. The molecule has 0 bridgehead atoms. The molecule has 0 atom stereocenters. The Kier molecular flexibility index (Phi) is 3.73. The number of hydrogen-bond donors (Lipinski definition) is 2. The summed E-state index contributed by atoms with van der Waals surface area (Å²) in [7, 11) is 0. The van der Waals surface area contributed by atoms with Gasteiger partial charge < -0.3 is 10.4 Å². The van der Waals surface area contributed by atoms with E-state index in [9.17, 15) is 4.79 Å². The Hall–Kier alpha value is -1.32. The van der Waals surface area contributed by atoms with Gasteiger partial charge in [-0.1, -0.05) is 23.7 Å². The smallest absolute Gasteiger partial charge is 0.244 e. The average Bonchev–Trinajstić information content (AvgIpc) is 3.11. The number of carbonyl (C=O) groups excluding carboxylic acids is 1. The molecular formula is C14H16ClNO2. The van der Waals surface area contributed by atoms with E-state index in [1.165, 1.54) is 6.08 Å². The third kappa shape index (κ3) is 3.12. The first-order valence-corrected chi connectivity index (χ1v) is 6.30. The molecule has 0 aromatic heterocycles. The van der Waals surface area contributed by atoms with Gasteiger partial charge in [0.15, 0.2) is 0 Å². The molecule has 4 heteroatoms. The van der Waals surface area contributed by atoms with Crippen LogP contribution in [0, 0.1) is 6.92 Å². The van der Waals surface area contributed by atoms with Crippen LogP contribution in [0.4, 0.5) is 0 Å². The highest BCUT2D eigenvalue weighted by Gasteiger charge is 2.42. The van der Waals surface area contributed by atoms with Gasteiger partial charge in [0.05, 0.1) is 12.1 Å². The Labute approximate surface area is 111 Å². The molecule has 3 nitrogen and oxygen atoms in total. The van der Waals surface area contributed by atoms with Crippen molar-refractivity contribution in [1.29, 1.82) is 0 Å². The SMILES string of the molecule is Cc1ccc(/C=C/C(=O)NC2(CO)CC2)cc1Cl. The fourth-order valence-electron chi connectivity index (χ4n) is 1.66. The molecule has 0 aliphatic heterocycles. The van der Waals surface area contributed by atoms with E-state index < -0.39 is 0 Å². The Bertz CT molecular complexity index is 493. The number of rotatable bonds is 4. The summed E-state index contributed by atoms with van der Waals surface area (Å²) in [6, 6.07) is 5.64. The highest BCUT2D eigenvalue weighted by Crippen LogP contribution is 2.34. The predicted molar refractivity (Wildman–Crippen MR) is 72.4 cm³/mol. The largest absolute Gasteiger partial charge is 0.394 e. The van der Waals surface area contributed by atoms with Gasteiger partial charge in [-0.25, -0.2) is 0 Å². The van der Waals surface area contributed by atoms with E-state index in [0.29, 0.717) is 5.02 Å². The van der Waals surface area contributed by atoms with E-state index in [1.807, 2.05) is 25.1 Å². The first-order valence-electron chi connectivity index (χ1n) is 5.92. The molecule has 0 radical (unpaired) electrons. The summed E-state index contributed by atoms with van der Waals surface area (Å²) in [6.45, 7) is 1.93. The molecule has 0 saturated heterocycles. The van der Waals surface area contributed by atoms with Crippen LogP contribution >= 0.6 is 11.6 Å². The number of nitrogens with one attached hydrogen (secondary N) is 1. The second-order valence-corrected chi connectivity index (χ2v) is 5.18. The van der Waals surface area contributed by atoms with Crippen molar-refractivity contribution in [2.45, 2.75) is 25.3 Å². The molecule has 0 spiro atoms. The highest BCUT2D eigenvalue weighted by atomic mass is 35.5. The molecule has 1 aromatic carbocycles. The third-order valence-electron chi connectivity index (χ3n) is 3.17. The lowest BCUT2D eigenvalue weighted by Gasteiger charge is -2.11. The zero-order valence-electron chi connectivity index (χ0n) is 10.2. The average molecular weight is 266 g/mol. The van der Waals surface area contributed by atoms with Gasteiger partial charge in [0.1, 0.15) is 0 Å². The van der Waals surface area contributed by atoms with Gasteiger partial charge in [-0.2, -0.15) is 0 Å². The van der Waals surface area contributed by atoms with E-state index >= 15 is 0 Å². The number of amides is 1. The number of carbonyl (C=O) groups is 1. The molecule has 1 aromatic rings. The van der Waals surface area contributed by atoms with Crippen LogP contribution < -0.4 is 5.32 Å². The fraction of sp³-hybridized carbons (Fsp3) is 0.357. The molecule has 1 aliphatic rings. The molecule has 1 fully saturated rings. The number of aryl methyl sites for hydroxylation is 1. The van der Waals surface area contributed by atoms with Crippen molar-refractivity contribution in [1.82, 2.24) is 5.32 Å². The summed E-state index contributed by atoms with van der Waals surface area (Å²) in [6.07, 6.45) is 4.88. The van der Waals surface area contributed by atoms with E-state index in [2.05, 4.69) is 5.32 Å². The first-order chi connectivity index (χ1) is 8.54. The van der Waals surface area contributed by atoms with Crippen molar-refractivity contribution in [3.05, 3.63) is 40.4 Å². The van der Waals surface area contributed by atoms with Crippen molar-refractivity contribution >= 4 is 23.6 Å². The number of halogens is 1. The standard InChI is InChI=1S/C14H16ClNO2/c1-10-2-3-11(8-12(10)15)4-5-13(18)16-14(9-17)6-7-14/h2-5,8,17H,6-7,9H2,1H3,(H,16,18)/b5-4+. The normalized spacial score (nSPS) is 16.8. The van der Waals surface area contributed by atoms with E-state index in [0.717, 1.165) is 24.0 Å². The fourth-order valence-corrected chi connectivity index (χ4v) is 1.85. The van der Waals surface area contributed by atoms with Crippen molar-refractivity contribution < 1.29 is 9.90 Å². The van der Waals surface area contributed by atoms with Gasteiger partial charge in [-0.3, -0.25) is 4.79 Å². The van der Waals surface area contributed by atoms with Crippen LogP contribution in [-0.4, -0.2) is 23.2 Å². The number of hydrogen-bond acceptors (Lipinski definition) is 2. The lowest BCUT2D eigenvalue weighted by molar-refractivity contribution is -0.117. The van der Waals surface area contributed by atoms with Crippen LogP contribution in [-0.2, 0) is 4.79 Å². The summed E-state index contributed by atoms with van der Waals surface area (Å²) >= 11 is 6.00. The van der Waals surface area contributed by atoms with E-state index in [-0.39, 0.29) is 18.1 Å². The second kappa shape index (κ2) is 5.12. The second-order valence-electron chi connectivity index (χ2n) is 4.77. The minimum Gasteiger partial charge on any atom is -0.394 e. The first kappa shape index (κ1) is 13.1. The van der Waals surface area contributed by atoms with Crippen LogP contribution in [0.2, 0.25) is 5.02 Å². The minimum atomic E-state index is -0.369. The number of aliphatic hydroxyl groups is 1. The summed E-state index contributed by atoms with van der Waals surface area (Å²) in [5.74, 6) is -0.182. The van der Waals surface area contributed by atoms with E-state index in [4.69, 9.17) is 16.7 Å². The molecule has 2 N–H and O–H groups in total. The number of aliphatic hydroxyl groups excluding tert-OH is 1. The molecule has 0 heterocycles. The molecule has 18 heavy (non-hydrogen) atoms. The molecule has 96 valence electrons. The Morgan fingerprint density at radius 3 is 2.83 bits per heavy atom. The zero-order valence-corrected chi connectivity index (χ0v) is 11.0. The lowest BCUT2D eigenvalue weighted by atomic mass is 10.1. The Morgan fingerprint density at radius 2 is 2.28 bits per heavy atom. The van der Waals surface area contributed by atoms with Crippen molar-refractivity contribution in [2.24, 2.45) is 0 Å². The summed E-state index contributed by atoms with van der Waals surface area (Å²) in [5.41, 5.74) is 1.52. The van der Waals surface area contributed by atoms with Crippen LogP contribution in [0.3, 0.4) is 0 Å². The van der Waals surface area contributed by atoms with Gasteiger partial charge in [0.2, 0.25) is 5.91 Å². The Balaban J connectivity index is 1.97. The van der Waals surface area contributed by atoms with Crippen molar-refractivity contribution in [3.8, 4) is 0 Å². The minimum absolute atomic E-state index is 0.00292. The van der Waals surface area contributed by atoms with Gasteiger partial charge >= 0.3 is 0 Å². The number of benzene rings is 1. The third-order valence-corrected chi connectivity index (χ3v) is 3.57. The Morgan fingerprint density at radius 1 is 1.56 bits per heavy atom. The molecule has 2 rings (SSSR count). The maximum absolute atomic E-state index is 11.6. The van der Waals surface area contributed by atoms with Gasteiger partial charge in [0, 0.05) is 11.1 Å². The topological polar surface area (TPSA) is 49.3 Å². The van der Waals surface area contributed by atoms with Gasteiger partial charge in [0.25, 0.3) is 0 Å². The maximum atomic E-state index is 11.6. The van der Waals surface area contributed by atoms with Crippen LogP contribution in [0.25, 0.3) is 6.08 Å². The van der Waals surface area contributed by atoms with Crippen molar-refractivity contribution in [2.75, 3.05) is 6.61 Å². The van der Waals surface area contributed by atoms with Gasteiger partial charge in [-0.15, -0.1) is 0 Å². The van der Waals surface area contributed by atoms with Crippen LogP contribution in [0.1, 0.15) is 24.0 Å². The molecular weight excluding hydrogens is 250 g/mol. The molecule has 1 aliphatic carbocycles.